The number of nitro groups is 1. The van der Waals surface area contributed by atoms with Gasteiger partial charge in [-0.3, -0.25) is 14.9 Å². The number of nitro benzene ring substituents is 1. The molecule has 0 radical (unpaired) electrons. The topological polar surface area (TPSA) is 144 Å². The summed E-state index contributed by atoms with van der Waals surface area (Å²) in [5.41, 5.74) is 2.16. The van der Waals surface area contributed by atoms with Gasteiger partial charge in [0.05, 0.1) is 17.6 Å². The summed E-state index contributed by atoms with van der Waals surface area (Å²) in [4.78, 5) is 28.3. The number of aromatic hydroxyl groups is 1. The summed E-state index contributed by atoms with van der Waals surface area (Å²) >= 11 is 0. The fourth-order valence-corrected chi connectivity index (χ4v) is 3.68. The Balaban J connectivity index is 1.85. The number of carbonyl (C=O) groups is 1. The number of nitrogens with one attached hydrogen (secondary N) is 2. The minimum absolute atomic E-state index is 0.0921. The van der Waals surface area contributed by atoms with Crippen LogP contribution >= 0.6 is 0 Å². The Morgan fingerprint density at radius 2 is 2.09 bits per heavy atom. The van der Waals surface area contributed by atoms with E-state index < -0.39 is 28.3 Å². The van der Waals surface area contributed by atoms with E-state index in [0.717, 1.165) is 5.56 Å². The molecule has 1 aliphatic rings. The fraction of sp³-hybridized carbons (Fsp3) is 0.190. The Bertz CT molecular complexity index is 1270. The molecule has 0 saturated carbocycles. The van der Waals surface area contributed by atoms with Gasteiger partial charge < -0.3 is 20.5 Å². The van der Waals surface area contributed by atoms with Gasteiger partial charge in [-0.05, 0) is 43.2 Å². The monoisotopic (exact) mass is 436 g/mol. The fourth-order valence-electron chi connectivity index (χ4n) is 3.68. The number of aromatic nitrogens is 3. The Labute approximate surface area is 182 Å². The number of ether oxygens (including phenoxy) is 1. The molecule has 4 rings (SSSR count). The number of phenols is 1. The van der Waals surface area contributed by atoms with E-state index in [1.807, 2.05) is 25.1 Å². The molecule has 0 spiro atoms. The van der Waals surface area contributed by atoms with E-state index in [4.69, 9.17) is 4.74 Å². The van der Waals surface area contributed by atoms with Gasteiger partial charge in [0.2, 0.25) is 11.7 Å². The summed E-state index contributed by atoms with van der Waals surface area (Å²) in [5, 5.41) is 31.8. The molecule has 1 aliphatic heterocycles. The molecule has 1 aromatic heterocycles. The van der Waals surface area contributed by atoms with Crippen LogP contribution in [0.25, 0.3) is 0 Å². The predicted octanol–water partition coefficient (Wildman–Crippen LogP) is 3.14. The Morgan fingerprint density at radius 1 is 1.31 bits per heavy atom. The second-order valence-electron chi connectivity index (χ2n) is 7.27. The first-order valence-corrected chi connectivity index (χ1v) is 9.60. The molecule has 3 N–H and O–H groups in total. The maximum Gasteiger partial charge on any atom is 0.315 e. The standard InChI is InChI=1S/C21H20N6O5/c1-11-5-4-6-14(7-11)25-20(29)17-12(2)24-21-22-10-23-26(21)18(17)13-8-15(27(30)31)19(28)16(9-13)32-3/h4-10,18,28H,1-3H3,(H,25,29)(H,22,23,24). The highest BCUT2D eigenvalue weighted by molar-refractivity contribution is 6.06. The largest absolute Gasteiger partial charge is 0.500 e. The molecule has 2 aromatic carbocycles. The molecule has 3 aromatic rings. The normalized spacial score (nSPS) is 15.0. The highest BCUT2D eigenvalue weighted by atomic mass is 16.6. The van der Waals surface area contributed by atoms with Gasteiger partial charge in [0.15, 0.2) is 5.75 Å². The van der Waals surface area contributed by atoms with Gasteiger partial charge in [0, 0.05) is 17.5 Å². The number of aryl methyl sites for hydroxylation is 1. The van der Waals surface area contributed by atoms with Gasteiger partial charge in [-0.25, -0.2) is 4.68 Å². The van der Waals surface area contributed by atoms with Crippen molar-refractivity contribution in [3.63, 3.8) is 0 Å². The van der Waals surface area contributed by atoms with Crippen molar-refractivity contribution in [1.29, 1.82) is 0 Å². The first-order chi connectivity index (χ1) is 15.3. The number of fused-ring (bicyclic) bond motifs is 1. The molecular formula is C21H20N6O5. The van der Waals surface area contributed by atoms with Crippen molar-refractivity contribution in [2.45, 2.75) is 19.9 Å². The van der Waals surface area contributed by atoms with E-state index in [9.17, 15) is 20.0 Å². The van der Waals surface area contributed by atoms with Crippen molar-refractivity contribution in [2.24, 2.45) is 0 Å². The summed E-state index contributed by atoms with van der Waals surface area (Å²) in [6.45, 7) is 3.62. The zero-order chi connectivity index (χ0) is 23.0. The van der Waals surface area contributed by atoms with Crippen LogP contribution in [0.4, 0.5) is 17.3 Å². The average Bonchev–Trinajstić information content (AvgIpc) is 3.20. The summed E-state index contributed by atoms with van der Waals surface area (Å²) in [5.74, 6) is -0.735. The number of rotatable bonds is 5. The van der Waals surface area contributed by atoms with Gasteiger partial charge >= 0.3 is 5.69 Å². The van der Waals surface area contributed by atoms with E-state index in [1.165, 1.54) is 30.3 Å². The second kappa shape index (κ2) is 8.02. The molecule has 0 fully saturated rings. The van der Waals surface area contributed by atoms with E-state index in [1.54, 1.807) is 13.0 Å². The SMILES string of the molecule is COc1cc(C2C(C(=O)Nc3cccc(C)c3)=C(C)Nc3ncnn32)cc([N+](=O)[O-])c1O. The van der Waals surface area contributed by atoms with Gasteiger partial charge in [0.1, 0.15) is 12.4 Å². The molecule has 11 heteroatoms. The van der Waals surface area contributed by atoms with Crippen molar-refractivity contribution in [3.8, 4) is 11.5 Å². The third-order valence-corrected chi connectivity index (χ3v) is 5.12. The van der Waals surface area contributed by atoms with Gasteiger partial charge in [-0.15, -0.1) is 0 Å². The van der Waals surface area contributed by atoms with Crippen LogP contribution in [0.5, 0.6) is 11.5 Å². The molecule has 2 heterocycles. The number of benzene rings is 2. The van der Waals surface area contributed by atoms with Crippen LogP contribution in [0.15, 0.2) is 54.0 Å². The second-order valence-corrected chi connectivity index (χ2v) is 7.27. The van der Waals surface area contributed by atoms with Crippen LogP contribution in [-0.4, -0.2) is 37.8 Å². The third kappa shape index (κ3) is 3.60. The molecular weight excluding hydrogens is 416 g/mol. The van der Waals surface area contributed by atoms with Crippen LogP contribution in [-0.2, 0) is 4.79 Å². The molecule has 1 unspecified atom stereocenters. The van der Waals surface area contributed by atoms with Crippen LogP contribution in [0.2, 0.25) is 0 Å². The summed E-state index contributed by atoms with van der Waals surface area (Å²) in [7, 11) is 1.29. The molecule has 11 nitrogen and oxygen atoms in total. The highest BCUT2D eigenvalue weighted by Gasteiger charge is 2.35. The zero-order valence-electron chi connectivity index (χ0n) is 17.5. The van der Waals surface area contributed by atoms with Gasteiger partial charge in [0.25, 0.3) is 5.91 Å². The van der Waals surface area contributed by atoms with Crippen LogP contribution in [0.1, 0.15) is 24.1 Å². The van der Waals surface area contributed by atoms with E-state index >= 15 is 0 Å². The smallest absolute Gasteiger partial charge is 0.315 e. The van der Waals surface area contributed by atoms with E-state index in [-0.39, 0.29) is 11.3 Å². The average molecular weight is 436 g/mol. The van der Waals surface area contributed by atoms with Gasteiger partial charge in [-0.2, -0.15) is 10.1 Å². The molecule has 0 bridgehead atoms. The molecule has 1 amide bonds. The quantitative estimate of drug-likeness (QED) is 0.409. The van der Waals surface area contributed by atoms with Crippen molar-refractivity contribution in [3.05, 3.63) is 75.2 Å². The Morgan fingerprint density at radius 3 is 2.78 bits per heavy atom. The minimum Gasteiger partial charge on any atom is -0.500 e. The number of amides is 1. The number of nitrogens with zero attached hydrogens (tertiary/aromatic N) is 4. The van der Waals surface area contributed by atoms with Crippen LogP contribution < -0.4 is 15.4 Å². The van der Waals surface area contributed by atoms with Crippen molar-refractivity contribution < 1.29 is 19.6 Å². The lowest BCUT2D eigenvalue weighted by molar-refractivity contribution is -0.386. The number of carbonyl (C=O) groups excluding carboxylic acids is 1. The number of hydrogen-bond acceptors (Lipinski definition) is 8. The maximum atomic E-state index is 13.4. The summed E-state index contributed by atoms with van der Waals surface area (Å²) < 4.78 is 6.59. The van der Waals surface area contributed by atoms with Gasteiger partial charge in [-0.1, -0.05) is 12.1 Å². The lowest BCUT2D eigenvalue weighted by Gasteiger charge is -2.29. The summed E-state index contributed by atoms with van der Waals surface area (Å²) in [6, 6.07) is 9.12. The summed E-state index contributed by atoms with van der Waals surface area (Å²) in [6.07, 6.45) is 1.32. The Hall–Kier alpha value is -4.41. The molecule has 32 heavy (non-hydrogen) atoms. The molecule has 0 aliphatic carbocycles. The van der Waals surface area contributed by atoms with Crippen molar-refractivity contribution in [2.75, 3.05) is 17.7 Å². The van der Waals surface area contributed by atoms with Crippen LogP contribution in [0.3, 0.4) is 0 Å². The predicted molar refractivity (Wildman–Crippen MR) is 116 cm³/mol. The van der Waals surface area contributed by atoms with Crippen molar-refractivity contribution in [1.82, 2.24) is 14.8 Å². The molecule has 164 valence electrons. The maximum absolute atomic E-state index is 13.4. The lowest BCUT2D eigenvalue weighted by atomic mass is 9.94. The number of anilines is 2. The number of phenolic OH excluding ortho intramolecular Hbond substituents is 1. The number of methoxy groups -OCH3 is 1. The van der Waals surface area contributed by atoms with Crippen molar-refractivity contribution >= 4 is 23.2 Å². The third-order valence-electron chi connectivity index (χ3n) is 5.12. The number of allylic oxidation sites excluding steroid dienone is 1. The lowest BCUT2D eigenvalue weighted by Crippen LogP contribution is -2.31. The van der Waals surface area contributed by atoms with Crippen LogP contribution in [0, 0.1) is 17.0 Å². The number of hydrogen-bond donors (Lipinski definition) is 3. The first kappa shape index (κ1) is 20.8. The zero-order valence-corrected chi connectivity index (χ0v) is 17.5. The van der Waals surface area contributed by atoms with E-state index in [2.05, 4.69) is 20.7 Å². The molecule has 1 atom stereocenters. The first-order valence-electron chi connectivity index (χ1n) is 9.60. The molecule has 0 saturated heterocycles. The minimum atomic E-state index is -0.855. The highest BCUT2D eigenvalue weighted by Crippen LogP contribution is 2.43. The Kier molecular flexibility index (Phi) is 5.23. The van der Waals surface area contributed by atoms with E-state index in [0.29, 0.717) is 22.9 Å².